The van der Waals surface area contributed by atoms with Crippen LogP contribution < -0.4 is 5.32 Å². The highest BCUT2D eigenvalue weighted by atomic mass is 32.2. The Labute approximate surface area is 182 Å². The van der Waals surface area contributed by atoms with Crippen molar-refractivity contribution in [2.45, 2.75) is 25.1 Å². The number of rotatable bonds is 7. The maximum Gasteiger partial charge on any atom is 0.223 e. The highest BCUT2D eigenvalue weighted by Gasteiger charge is 2.31. The molecule has 1 saturated heterocycles. The van der Waals surface area contributed by atoms with E-state index in [1.54, 1.807) is 12.5 Å². The van der Waals surface area contributed by atoms with E-state index in [0.29, 0.717) is 32.5 Å². The number of hydrogen-bond acceptors (Lipinski definition) is 4. The molecule has 2 aromatic carbocycles. The molecule has 8 heteroatoms. The van der Waals surface area contributed by atoms with Gasteiger partial charge >= 0.3 is 0 Å². The molecule has 1 aromatic heterocycles. The van der Waals surface area contributed by atoms with Gasteiger partial charge in [-0.15, -0.1) is 0 Å². The van der Waals surface area contributed by atoms with Crippen molar-refractivity contribution in [1.82, 2.24) is 19.2 Å². The minimum atomic E-state index is -3.37. The van der Waals surface area contributed by atoms with E-state index in [1.807, 2.05) is 65.4 Å². The molecular formula is C23H26N4O3S. The summed E-state index contributed by atoms with van der Waals surface area (Å²) in [5.41, 5.74) is 2.80. The quantitative estimate of drug-likeness (QED) is 0.615. The maximum atomic E-state index is 12.7. The van der Waals surface area contributed by atoms with Crippen LogP contribution in [0.25, 0.3) is 5.69 Å². The fourth-order valence-electron chi connectivity index (χ4n) is 3.80. The number of carbonyl (C=O) groups excluding carboxylic acids is 1. The molecule has 0 saturated carbocycles. The van der Waals surface area contributed by atoms with Gasteiger partial charge in [-0.2, -0.15) is 0 Å². The minimum absolute atomic E-state index is 0.000226. The van der Waals surface area contributed by atoms with Gasteiger partial charge < -0.3 is 9.88 Å². The van der Waals surface area contributed by atoms with Crippen LogP contribution in [0.3, 0.4) is 0 Å². The second-order valence-corrected chi connectivity index (χ2v) is 9.74. The number of amides is 1. The summed E-state index contributed by atoms with van der Waals surface area (Å²) >= 11 is 0. The van der Waals surface area contributed by atoms with Gasteiger partial charge in [0.2, 0.25) is 15.9 Å². The second-order valence-electron chi connectivity index (χ2n) is 7.77. The molecule has 1 amide bonds. The topological polar surface area (TPSA) is 84.3 Å². The molecule has 0 atom stereocenters. The number of sulfonamides is 1. The molecule has 4 rings (SSSR count). The second kappa shape index (κ2) is 9.45. The van der Waals surface area contributed by atoms with E-state index in [4.69, 9.17) is 0 Å². The summed E-state index contributed by atoms with van der Waals surface area (Å²) in [7, 11) is -3.37. The first-order valence-electron chi connectivity index (χ1n) is 10.4. The van der Waals surface area contributed by atoms with Gasteiger partial charge in [-0.05, 0) is 36.1 Å². The molecule has 7 nitrogen and oxygen atoms in total. The zero-order valence-corrected chi connectivity index (χ0v) is 18.0. The molecule has 1 N–H and O–H groups in total. The first kappa shape index (κ1) is 21.3. The lowest BCUT2D eigenvalue weighted by Gasteiger charge is -2.30. The van der Waals surface area contributed by atoms with Gasteiger partial charge in [0.25, 0.3) is 0 Å². The van der Waals surface area contributed by atoms with Crippen LogP contribution in [0.4, 0.5) is 0 Å². The van der Waals surface area contributed by atoms with Crippen molar-refractivity contribution in [2.24, 2.45) is 5.92 Å². The molecular weight excluding hydrogens is 412 g/mol. The van der Waals surface area contributed by atoms with Crippen molar-refractivity contribution in [2.75, 3.05) is 13.1 Å². The molecule has 1 aliphatic heterocycles. The Morgan fingerprint density at radius 1 is 1.00 bits per heavy atom. The van der Waals surface area contributed by atoms with Gasteiger partial charge in [0.1, 0.15) is 0 Å². The molecule has 3 aromatic rings. The van der Waals surface area contributed by atoms with E-state index in [0.717, 1.165) is 16.8 Å². The van der Waals surface area contributed by atoms with Gasteiger partial charge in [0.15, 0.2) is 0 Å². The van der Waals surface area contributed by atoms with Crippen molar-refractivity contribution < 1.29 is 13.2 Å². The van der Waals surface area contributed by atoms with E-state index >= 15 is 0 Å². The largest absolute Gasteiger partial charge is 0.352 e. The number of benzene rings is 2. The Bertz CT molecular complexity index is 1090. The third kappa shape index (κ3) is 5.39. The Kier molecular flexibility index (Phi) is 6.48. The number of hydrogen-bond donors (Lipinski definition) is 1. The van der Waals surface area contributed by atoms with Crippen LogP contribution in [0, 0.1) is 5.92 Å². The van der Waals surface area contributed by atoms with E-state index in [2.05, 4.69) is 10.3 Å². The summed E-state index contributed by atoms with van der Waals surface area (Å²) < 4.78 is 28.8. The number of nitrogens with zero attached hydrogens (tertiary/aromatic N) is 3. The molecule has 31 heavy (non-hydrogen) atoms. The van der Waals surface area contributed by atoms with Gasteiger partial charge in [0, 0.05) is 43.6 Å². The number of piperidine rings is 1. The number of imidazole rings is 1. The van der Waals surface area contributed by atoms with E-state index in [9.17, 15) is 13.2 Å². The molecule has 1 aliphatic rings. The van der Waals surface area contributed by atoms with Crippen molar-refractivity contribution in [3.63, 3.8) is 0 Å². The van der Waals surface area contributed by atoms with Crippen LogP contribution in [-0.4, -0.2) is 41.3 Å². The van der Waals surface area contributed by atoms with Gasteiger partial charge in [-0.3, -0.25) is 4.79 Å². The molecule has 0 unspecified atom stereocenters. The van der Waals surface area contributed by atoms with Crippen LogP contribution >= 0.6 is 0 Å². The van der Waals surface area contributed by atoms with Crippen LogP contribution in [-0.2, 0) is 27.1 Å². The fraction of sp³-hybridized carbons (Fsp3) is 0.304. The SMILES string of the molecule is O=C(NCc1ccc(-n2ccnc2)cc1)C1CCN(S(=O)(=O)Cc2ccccc2)CC1. The minimum Gasteiger partial charge on any atom is -0.352 e. The summed E-state index contributed by atoms with van der Waals surface area (Å²) in [6.45, 7) is 1.22. The Hall–Kier alpha value is -2.97. The van der Waals surface area contributed by atoms with E-state index in [1.165, 1.54) is 4.31 Å². The Morgan fingerprint density at radius 3 is 2.35 bits per heavy atom. The van der Waals surface area contributed by atoms with Crippen LogP contribution in [0.1, 0.15) is 24.0 Å². The summed E-state index contributed by atoms with van der Waals surface area (Å²) in [5, 5.41) is 2.99. The lowest BCUT2D eigenvalue weighted by Crippen LogP contribution is -2.43. The van der Waals surface area contributed by atoms with Crippen molar-refractivity contribution in [3.8, 4) is 5.69 Å². The molecule has 1 fully saturated rings. The predicted molar refractivity (Wildman–Crippen MR) is 119 cm³/mol. The predicted octanol–water partition coefficient (Wildman–Crippen LogP) is 2.73. The van der Waals surface area contributed by atoms with Crippen molar-refractivity contribution in [1.29, 1.82) is 0 Å². The lowest BCUT2D eigenvalue weighted by molar-refractivity contribution is -0.126. The summed E-state index contributed by atoms with van der Waals surface area (Å²) in [4.78, 5) is 16.6. The summed E-state index contributed by atoms with van der Waals surface area (Å²) in [6, 6.07) is 17.1. The van der Waals surface area contributed by atoms with Crippen molar-refractivity contribution >= 4 is 15.9 Å². The van der Waals surface area contributed by atoms with Crippen molar-refractivity contribution in [3.05, 3.63) is 84.4 Å². The molecule has 0 aliphatic carbocycles. The average Bonchev–Trinajstić information content (AvgIpc) is 3.33. The number of aromatic nitrogens is 2. The first-order valence-corrected chi connectivity index (χ1v) is 12.0. The van der Waals surface area contributed by atoms with Gasteiger partial charge in [-0.25, -0.2) is 17.7 Å². The monoisotopic (exact) mass is 438 g/mol. The fourth-order valence-corrected chi connectivity index (χ4v) is 5.37. The van der Waals surface area contributed by atoms with Gasteiger partial charge in [0.05, 0.1) is 12.1 Å². The normalized spacial score (nSPS) is 15.6. The standard InChI is InChI=1S/C23H26N4O3S/c28-23(25-16-19-6-8-22(9-7-19)26-15-12-24-18-26)21-10-13-27(14-11-21)31(29,30)17-20-4-2-1-3-5-20/h1-9,12,15,18,21H,10-11,13-14,16-17H2,(H,25,28). The molecule has 0 radical (unpaired) electrons. The average molecular weight is 439 g/mol. The summed E-state index contributed by atoms with van der Waals surface area (Å²) in [5.74, 6) is -0.174. The van der Waals surface area contributed by atoms with Crippen LogP contribution in [0.15, 0.2) is 73.3 Å². The third-order valence-corrected chi connectivity index (χ3v) is 7.47. The zero-order chi connectivity index (χ0) is 21.7. The maximum absolute atomic E-state index is 12.7. The van der Waals surface area contributed by atoms with Crippen LogP contribution in [0.2, 0.25) is 0 Å². The molecule has 2 heterocycles. The molecule has 0 spiro atoms. The lowest BCUT2D eigenvalue weighted by atomic mass is 9.97. The van der Waals surface area contributed by atoms with Gasteiger partial charge in [-0.1, -0.05) is 42.5 Å². The smallest absolute Gasteiger partial charge is 0.223 e. The Morgan fingerprint density at radius 2 is 1.71 bits per heavy atom. The molecule has 0 bridgehead atoms. The number of nitrogens with one attached hydrogen (secondary N) is 1. The zero-order valence-electron chi connectivity index (χ0n) is 17.2. The summed E-state index contributed by atoms with van der Waals surface area (Å²) in [6.07, 6.45) is 6.43. The Balaban J connectivity index is 1.25. The highest BCUT2D eigenvalue weighted by molar-refractivity contribution is 7.88. The third-order valence-electron chi connectivity index (χ3n) is 5.62. The highest BCUT2D eigenvalue weighted by Crippen LogP contribution is 2.22. The first-order chi connectivity index (χ1) is 15.0. The van der Waals surface area contributed by atoms with Crippen LogP contribution in [0.5, 0.6) is 0 Å². The van der Waals surface area contributed by atoms with E-state index < -0.39 is 10.0 Å². The number of carbonyl (C=O) groups is 1. The van der Waals surface area contributed by atoms with E-state index in [-0.39, 0.29) is 17.6 Å². The molecule has 162 valence electrons.